The number of aromatic nitrogens is 2. The molecule has 0 radical (unpaired) electrons. The van der Waals surface area contributed by atoms with E-state index < -0.39 is 26.6 Å². The molecule has 2 saturated heterocycles. The Morgan fingerprint density at radius 3 is 2.56 bits per heavy atom. The molecule has 1 atom stereocenters. The van der Waals surface area contributed by atoms with Gasteiger partial charge in [-0.05, 0) is 56.8 Å². The Hall–Kier alpha value is -3.59. The third-order valence-electron chi connectivity index (χ3n) is 8.42. The van der Waals surface area contributed by atoms with Gasteiger partial charge in [0.1, 0.15) is 11.6 Å². The van der Waals surface area contributed by atoms with Crippen molar-refractivity contribution >= 4 is 33.1 Å². The number of carbonyl (C=O) groups is 1. The molecule has 230 valence electrons. The molecule has 0 unspecified atom stereocenters. The minimum atomic E-state index is -4.19. The molecule has 1 amide bonds. The minimum Gasteiger partial charge on any atom is -0.383 e. The first-order valence-electron chi connectivity index (χ1n) is 14.6. The van der Waals surface area contributed by atoms with Crippen LogP contribution in [0.3, 0.4) is 0 Å². The Balaban J connectivity index is 1.22. The Morgan fingerprint density at radius 1 is 1.07 bits per heavy atom. The average Bonchev–Trinajstić information content (AvgIpc) is 3.66. The van der Waals surface area contributed by atoms with Crippen LogP contribution in [0, 0.1) is 11.6 Å². The predicted molar refractivity (Wildman–Crippen MR) is 160 cm³/mol. The molecule has 2 fully saturated rings. The van der Waals surface area contributed by atoms with Crippen LogP contribution in [-0.2, 0) is 23.0 Å². The molecule has 6 rings (SSSR count). The number of amides is 1. The number of fused-ring (bicyclic) bond motifs is 1. The molecule has 2 aromatic carbocycles. The van der Waals surface area contributed by atoms with Crippen molar-refractivity contribution < 1.29 is 22.0 Å². The normalized spacial score (nSPS) is 19.8. The zero-order chi connectivity index (χ0) is 30.1. The predicted octanol–water partition coefficient (Wildman–Crippen LogP) is 2.60. The van der Waals surface area contributed by atoms with E-state index in [4.69, 9.17) is 0 Å². The van der Waals surface area contributed by atoms with Gasteiger partial charge in [-0.1, -0.05) is 0 Å². The summed E-state index contributed by atoms with van der Waals surface area (Å²) < 4.78 is 55.2. The summed E-state index contributed by atoms with van der Waals surface area (Å²) in [5.41, 5.74) is 3.41. The third-order valence-corrected chi connectivity index (χ3v) is 10.2. The maximum Gasteiger partial charge on any atom is 0.258 e. The molecule has 43 heavy (non-hydrogen) atoms. The van der Waals surface area contributed by atoms with Gasteiger partial charge in [0.25, 0.3) is 5.91 Å². The van der Waals surface area contributed by atoms with E-state index in [0.717, 1.165) is 67.7 Å². The van der Waals surface area contributed by atoms with Gasteiger partial charge in [-0.15, -0.1) is 0 Å². The van der Waals surface area contributed by atoms with Gasteiger partial charge >= 0.3 is 0 Å². The second-order valence-electron chi connectivity index (χ2n) is 11.4. The highest BCUT2D eigenvalue weighted by Gasteiger charge is 2.32. The van der Waals surface area contributed by atoms with E-state index in [1.165, 1.54) is 0 Å². The number of hydrogen-bond donors (Lipinski definition) is 4. The van der Waals surface area contributed by atoms with Crippen molar-refractivity contribution in [1.82, 2.24) is 24.7 Å². The highest BCUT2D eigenvalue weighted by atomic mass is 32.2. The van der Waals surface area contributed by atoms with E-state index in [1.54, 1.807) is 0 Å². The van der Waals surface area contributed by atoms with Crippen LogP contribution in [0.1, 0.15) is 34.5 Å². The van der Waals surface area contributed by atoms with E-state index in [2.05, 4.69) is 43.0 Å². The number of rotatable bonds is 8. The van der Waals surface area contributed by atoms with Gasteiger partial charge in [0.05, 0.1) is 10.5 Å². The van der Waals surface area contributed by atoms with Crippen molar-refractivity contribution in [1.29, 1.82) is 0 Å². The molecule has 11 nitrogen and oxygen atoms in total. The molecular formula is C29H36F2N8O3S. The fourth-order valence-corrected chi connectivity index (χ4v) is 7.33. The monoisotopic (exact) mass is 614 g/mol. The number of anilines is 3. The second-order valence-corrected chi connectivity index (χ2v) is 13.3. The topological polar surface area (TPSA) is 126 Å². The van der Waals surface area contributed by atoms with Gasteiger partial charge in [0.2, 0.25) is 10.0 Å². The van der Waals surface area contributed by atoms with Gasteiger partial charge in [-0.2, -0.15) is 9.40 Å². The summed E-state index contributed by atoms with van der Waals surface area (Å²) >= 11 is 0. The Morgan fingerprint density at radius 2 is 1.84 bits per heavy atom. The summed E-state index contributed by atoms with van der Waals surface area (Å²) in [4.78, 5) is 17.8. The lowest BCUT2D eigenvalue weighted by atomic mass is 10.1. The fourth-order valence-electron chi connectivity index (χ4n) is 5.88. The van der Waals surface area contributed by atoms with Crippen LogP contribution in [0.5, 0.6) is 0 Å². The van der Waals surface area contributed by atoms with Crippen molar-refractivity contribution in [2.24, 2.45) is 0 Å². The Kier molecular flexibility index (Phi) is 8.36. The van der Waals surface area contributed by atoms with Crippen LogP contribution >= 0.6 is 0 Å². The quantitative estimate of drug-likeness (QED) is 0.305. The van der Waals surface area contributed by atoms with Crippen LogP contribution in [0.15, 0.2) is 41.3 Å². The second kappa shape index (κ2) is 12.2. The number of hydrogen-bond acceptors (Lipinski definition) is 8. The lowest BCUT2D eigenvalue weighted by Gasteiger charge is -2.34. The zero-order valence-corrected chi connectivity index (χ0v) is 24.8. The number of nitrogens with zero attached hydrogens (tertiary/aromatic N) is 4. The molecule has 3 aliphatic heterocycles. The van der Waals surface area contributed by atoms with Crippen LogP contribution in [-0.4, -0.2) is 92.6 Å². The number of piperazine rings is 1. The molecule has 0 saturated carbocycles. The number of carbonyl (C=O) groups excluding carboxylic acids is 1. The largest absolute Gasteiger partial charge is 0.383 e. The van der Waals surface area contributed by atoms with Gasteiger partial charge in [-0.25, -0.2) is 17.2 Å². The molecule has 14 heteroatoms. The maximum absolute atomic E-state index is 13.8. The molecule has 0 spiro atoms. The number of sulfonamides is 1. The molecular weight excluding hydrogens is 578 g/mol. The van der Waals surface area contributed by atoms with E-state index in [9.17, 15) is 22.0 Å². The Bertz CT molecular complexity index is 1580. The molecule has 3 aromatic rings. The first-order chi connectivity index (χ1) is 20.7. The Labute approximate surface area is 249 Å². The van der Waals surface area contributed by atoms with Crippen LogP contribution < -0.4 is 20.9 Å². The average molecular weight is 615 g/mol. The lowest BCUT2D eigenvalue weighted by Crippen LogP contribution is -2.44. The highest BCUT2D eigenvalue weighted by Crippen LogP contribution is 2.31. The summed E-state index contributed by atoms with van der Waals surface area (Å²) in [5, 5.41) is 17.0. The summed E-state index contributed by atoms with van der Waals surface area (Å²) in [6.45, 7) is 5.36. The summed E-state index contributed by atoms with van der Waals surface area (Å²) in [5.74, 6) is -2.11. The van der Waals surface area contributed by atoms with Crippen LogP contribution in [0.25, 0.3) is 0 Å². The van der Waals surface area contributed by atoms with E-state index in [-0.39, 0.29) is 24.8 Å². The van der Waals surface area contributed by atoms with Gasteiger partial charge in [0, 0.05) is 87.0 Å². The first-order valence-corrected chi connectivity index (χ1v) is 16.0. The van der Waals surface area contributed by atoms with Gasteiger partial charge in [-0.3, -0.25) is 9.89 Å². The molecule has 3 aliphatic rings. The highest BCUT2D eigenvalue weighted by molar-refractivity contribution is 7.89. The van der Waals surface area contributed by atoms with Crippen molar-refractivity contribution in [3.8, 4) is 0 Å². The van der Waals surface area contributed by atoms with E-state index in [0.29, 0.717) is 47.6 Å². The number of benzene rings is 2. The molecule has 0 aliphatic carbocycles. The first kappa shape index (κ1) is 29.5. The fraction of sp³-hybridized carbons (Fsp3) is 0.448. The van der Waals surface area contributed by atoms with Crippen molar-refractivity contribution in [3.63, 3.8) is 0 Å². The van der Waals surface area contributed by atoms with Gasteiger partial charge < -0.3 is 25.8 Å². The van der Waals surface area contributed by atoms with Crippen LogP contribution in [0.2, 0.25) is 0 Å². The van der Waals surface area contributed by atoms with Crippen molar-refractivity contribution in [2.45, 2.75) is 36.7 Å². The number of H-pyrrole nitrogens is 1. The lowest BCUT2D eigenvalue weighted by molar-refractivity contribution is 0.102. The van der Waals surface area contributed by atoms with Crippen molar-refractivity contribution in [2.75, 3.05) is 68.4 Å². The van der Waals surface area contributed by atoms with E-state index in [1.807, 2.05) is 18.2 Å². The smallest absolute Gasteiger partial charge is 0.258 e. The summed E-state index contributed by atoms with van der Waals surface area (Å²) in [7, 11) is -2.08. The maximum atomic E-state index is 13.8. The van der Waals surface area contributed by atoms with Gasteiger partial charge in [0.15, 0.2) is 5.82 Å². The van der Waals surface area contributed by atoms with Crippen molar-refractivity contribution in [3.05, 3.63) is 64.9 Å². The minimum absolute atomic E-state index is 0.0973. The number of likely N-dealkylation sites (N-methyl/N-ethyl adjacent to an activating group) is 1. The summed E-state index contributed by atoms with van der Waals surface area (Å²) in [6.07, 6.45) is 2.48. The number of nitrogens with one attached hydrogen (secondary N) is 4. The zero-order valence-electron chi connectivity index (χ0n) is 24.0. The SMILES string of the molecule is CN1CCN(c2ccc(C(=O)Nc3n[nH]c4c3CN(S(=O)(=O)c3cc(F)cc(F)c3)CC4)c(NC[C@@H]3CCCN3)c2)CC1. The number of aromatic amines is 1. The van der Waals surface area contributed by atoms with Crippen LogP contribution in [0.4, 0.5) is 26.0 Å². The number of halogens is 2. The molecule has 4 heterocycles. The standard InChI is InChI=1S/C29H36F2N8O3S/c1-37-9-11-38(12-10-37)22-4-5-24(27(16-22)33-17-21-3-2-7-32-21)29(40)34-28-25-18-39(8-6-26(25)35-36-28)43(41,42)23-14-19(30)13-20(31)15-23/h4-5,13-16,21,32-33H,2-3,6-12,17-18H2,1H3,(H2,34,35,36,40)/t21-/m0/s1. The molecule has 4 N–H and O–H groups in total. The molecule has 0 bridgehead atoms. The summed E-state index contributed by atoms with van der Waals surface area (Å²) in [6, 6.07) is 8.32. The van der Waals surface area contributed by atoms with E-state index >= 15 is 0 Å². The molecule has 1 aromatic heterocycles. The third kappa shape index (κ3) is 6.37.